The number of aromatic nitrogens is 4. The first kappa shape index (κ1) is 12.1. The quantitative estimate of drug-likeness (QED) is 0.649. The van der Waals surface area contributed by atoms with Gasteiger partial charge in [-0.15, -0.1) is 5.10 Å². The van der Waals surface area contributed by atoms with Gasteiger partial charge in [-0.1, -0.05) is 40.0 Å². The molecule has 0 spiro atoms. The maximum Gasteiger partial charge on any atom is 0.151 e. The average Bonchev–Trinajstić information content (AvgIpc) is 2.59. The number of tetrazole rings is 1. The van der Waals surface area contributed by atoms with Crippen molar-refractivity contribution in [2.45, 2.75) is 59.4 Å². The van der Waals surface area contributed by atoms with Gasteiger partial charge in [0.25, 0.3) is 0 Å². The minimum Gasteiger partial charge on any atom is -0.230 e. The molecule has 0 aromatic carbocycles. The molecule has 1 heterocycles. The summed E-state index contributed by atoms with van der Waals surface area (Å²) in [7, 11) is 0. The Morgan fingerprint density at radius 3 is 2.67 bits per heavy atom. The van der Waals surface area contributed by atoms with Crippen LogP contribution in [0, 0.1) is 5.92 Å². The Morgan fingerprint density at radius 1 is 1.20 bits per heavy atom. The molecular weight excluding hydrogens is 188 g/mol. The van der Waals surface area contributed by atoms with Gasteiger partial charge in [0.2, 0.25) is 0 Å². The van der Waals surface area contributed by atoms with E-state index in [-0.39, 0.29) is 0 Å². The maximum absolute atomic E-state index is 4.06. The summed E-state index contributed by atoms with van der Waals surface area (Å²) >= 11 is 0. The summed E-state index contributed by atoms with van der Waals surface area (Å²) in [6, 6.07) is 0. The number of unbranched alkanes of at least 4 members (excludes halogenated alkanes) is 3. The molecule has 1 rings (SSSR count). The molecule has 0 atom stereocenters. The van der Waals surface area contributed by atoms with Crippen LogP contribution in [0.1, 0.15) is 52.3 Å². The van der Waals surface area contributed by atoms with E-state index in [0.717, 1.165) is 18.8 Å². The van der Waals surface area contributed by atoms with E-state index in [4.69, 9.17) is 0 Å². The molecule has 0 saturated carbocycles. The third-order valence-electron chi connectivity index (χ3n) is 2.42. The Bertz CT molecular complexity index is 267. The fraction of sp³-hybridized carbons (Fsp3) is 0.909. The van der Waals surface area contributed by atoms with Gasteiger partial charge in [0, 0.05) is 13.0 Å². The van der Waals surface area contributed by atoms with Crippen molar-refractivity contribution >= 4 is 0 Å². The van der Waals surface area contributed by atoms with E-state index in [1.807, 2.05) is 4.68 Å². The molecule has 0 fully saturated rings. The highest BCUT2D eigenvalue weighted by Crippen LogP contribution is 2.06. The van der Waals surface area contributed by atoms with Gasteiger partial charge in [0.1, 0.15) is 0 Å². The van der Waals surface area contributed by atoms with Gasteiger partial charge in [-0.05, 0) is 22.8 Å². The average molecular weight is 210 g/mol. The van der Waals surface area contributed by atoms with Gasteiger partial charge >= 0.3 is 0 Å². The molecule has 0 N–H and O–H groups in total. The van der Waals surface area contributed by atoms with Crippen LogP contribution in [0.15, 0.2) is 0 Å². The Morgan fingerprint density at radius 2 is 2.00 bits per heavy atom. The highest BCUT2D eigenvalue weighted by molar-refractivity contribution is 4.81. The second-order valence-electron chi connectivity index (χ2n) is 4.48. The van der Waals surface area contributed by atoms with Crippen LogP contribution in [0.4, 0.5) is 0 Å². The highest BCUT2D eigenvalue weighted by Gasteiger charge is 2.07. The van der Waals surface area contributed by atoms with Crippen molar-refractivity contribution in [2.75, 3.05) is 0 Å². The lowest BCUT2D eigenvalue weighted by molar-refractivity contribution is 0.494. The number of aryl methyl sites for hydroxylation is 1. The number of nitrogens with zero attached hydrogens (tertiary/aromatic N) is 4. The summed E-state index contributed by atoms with van der Waals surface area (Å²) in [5.41, 5.74) is 0. The molecule has 1 aromatic rings. The summed E-state index contributed by atoms with van der Waals surface area (Å²) in [4.78, 5) is 0. The Balaban J connectivity index is 2.36. The molecule has 4 nitrogen and oxygen atoms in total. The zero-order valence-electron chi connectivity index (χ0n) is 10.1. The minimum atomic E-state index is 0.616. The summed E-state index contributed by atoms with van der Waals surface area (Å²) in [5.74, 6) is 1.65. The zero-order valence-corrected chi connectivity index (χ0v) is 10.1. The van der Waals surface area contributed by atoms with Gasteiger partial charge < -0.3 is 0 Å². The molecule has 15 heavy (non-hydrogen) atoms. The van der Waals surface area contributed by atoms with Crippen molar-refractivity contribution in [1.29, 1.82) is 0 Å². The summed E-state index contributed by atoms with van der Waals surface area (Å²) in [5, 5.41) is 11.8. The van der Waals surface area contributed by atoms with Crippen LogP contribution in [-0.4, -0.2) is 20.2 Å². The van der Waals surface area contributed by atoms with Crippen LogP contribution < -0.4 is 0 Å². The van der Waals surface area contributed by atoms with E-state index in [1.165, 1.54) is 25.7 Å². The predicted molar refractivity (Wildman–Crippen MR) is 60.5 cm³/mol. The lowest BCUT2D eigenvalue weighted by Crippen LogP contribution is -2.08. The molecule has 0 unspecified atom stereocenters. The van der Waals surface area contributed by atoms with Crippen molar-refractivity contribution in [2.24, 2.45) is 5.92 Å². The van der Waals surface area contributed by atoms with Gasteiger partial charge in [0.15, 0.2) is 5.82 Å². The lowest BCUT2D eigenvalue weighted by Gasteiger charge is -2.05. The lowest BCUT2D eigenvalue weighted by atomic mass is 10.1. The minimum absolute atomic E-state index is 0.616. The molecule has 0 aliphatic rings. The molecule has 0 bridgehead atoms. The monoisotopic (exact) mass is 210 g/mol. The summed E-state index contributed by atoms with van der Waals surface area (Å²) in [6.07, 6.45) is 6.01. The topological polar surface area (TPSA) is 43.6 Å². The van der Waals surface area contributed by atoms with E-state index in [0.29, 0.717) is 5.92 Å². The number of rotatable bonds is 7. The van der Waals surface area contributed by atoms with Crippen molar-refractivity contribution in [1.82, 2.24) is 20.2 Å². The molecule has 0 amide bonds. The molecule has 0 saturated heterocycles. The van der Waals surface area contributed by atoms with E-state index < -0.39 is 0 Å². The molecule has 86 valence electrons. The van der Waals surface area contributed by atoms with E-state index in [2.05, 4.69) is 36.3 Å². The highest BCUT2D eigenvalue weighted by atomic mass is 15.5. The second kappa shape index (κ2) is 6.53. The molecule has 4 heteroatoms. The van der Waals surface area contributed by atoms with Crippen LogP contribution in [0.5, 0.6) is 0 Å². The van der Waals surface area contributed by atoms with Gasteiger partial charge in [0.05, 0.1) is 0 Å². The standard InChI is InChI=1S/C11H22N4/c1-4-5-6-7-8-15-11(9-10(2)3)12-13-14-15/h10H,4-9H2,1-3H3. The van der Waals surface area contributed by atoms with Crippen LogP contribution in [0.3, 0.4) is 0 Å². The van der Waals surface area contributed by atoms with Crippen LogP contribution in [0.25, 0.3) is 0 Å². The fourth-order valence-corrected chi connectivity index (χ4v) is 1.60. The summed E-state index contributed by atoms with van der Waals surface area (Å²) < 4.78 is 1.95. The van der Waals surface area contributed by atoms with Gasteiger partial charge in [-0.3, -0.25) is 0 Å². The number of hydrogen-bond acceptors (Lipinski definition) is 3. The van der Waals surface area contributed by atoms with Gasteiger partial charge in [-0.25, -0.2) is 4.68 Å². The SMILES string of the molecule is CCCCCCn1nnnc1CC(C)C. The number of hydrogen-bond donors (Lipinski definition) is 0. The smallest absolute Gasteiger partial charge is 0.151 e. The van der Waals surface area contributed by atoms with Crippen molar-refractivity contribution in [3.8, 4) is 0 Å². The Hall–Kier alpha value is -0.930. The van der Waals surface area contributed by atoms with E-state index >= 15 is 0 Å². The van der Waals surface area contributed by atoms with Crippen LogP contribution in [-0.2, 0) is 13.0 Å². The predicted octanol–water partition coefficient (Wildman–Crippen LogP) is 2.45. The summed E-state index contributed by atoms with van der Waals surface area (Å²) in [6.45, 7) is 7.57. The first-order valence-corrected chi connectivity index (χ1v) is 5.99. The normalized spacial score (nSPS) is 11.2. The zero-order chi connectivity index (χ0) is 11.1. The third-order valence-corrected chi connectivity index (χ3v) is 2.42. The molecule has 0 aliphatic carbocycles. The fourth-order valence-electron chi connectivity index (χ4n) is 1.60. The largest absolute Gasteiger partial charge is 0.230 e. The first-order valence-electron chi connectivity index (χ1n) is 5.99. The van der Waals surface area contributed by atoms with E-state index in [1.54, 1.807) is 0 Å². The van der Waals surface area contributed by atoms with Crippen molar-refractivity contribution in [3.63, 3.8) is 0 Å². The van der Waals surface area contributed by atoms with Crippen molar-refractivity contribution in [3.05, 3.63) is 5.82 Å². The molecular formula is C11H22N4. The third kappa shape index (κ3) is 4.40. The Kier molecular flexibility index (Phi) is 5.29. The van der Waals surface area contributed by atoms with Gasteiger partial charge in [-0.2, -0.15) is 0 Å². The molecule has 1 aromatic heterocycles. The van der Waals surface area contributed by atoms with Crippen LogP contribution >= 0.6 is 0 Å². The second-order valence-corrected chi connectivity index (χ2v) is 4.48. The first-order chi connectivity index (χ1) is 7.24. The van der Waals surface area contributed by atoms with Crippen molar-refractivity contribution < 1.29 is 0 Å². The van der Waals surface area contributed by atoms with Crippen LogP contribution in [0.2, 0.25) is 0 Å². The maximum atomic E-state index is 4.06. The molecule has 0 aliphatic heterocycles. The molecule has 0 radical (unpaired) electrons. The Labute approximate surface area is 92.1 Å². The van der Waals surface area contributed by atoms with E-state index in [9.17, 15) is 0 Å².